The molecule has 132 valence electrons. The van der Waals surface area contributed by atoms with E-state index < -0.39 is 5.82 Å². The van der Waals surface area contributed by atoms with Crippen LogP contribution in [0.4, 0.5) is 9.52 Å². The molecule has 26 heavy (non-hydrogen) atoms. The summed E-state index contributed by atoms with van der Waals surface area (Å²) in [4.78, 5) is 16.9. The van der Waals surface area contributed by atoms with Crippen LogP contribution in [0.25, 0.3) is 21.5 Å². The minimum Gasteiger partial charge on any atom is -0.481 e. The number of aromatic nitrogens is 4. The number of hydrogen-bond acceptors (Lipinski definition) is 6. The van der Waals surface area contributed by atoms with E-state index in [1.165, 1.54) is 24.5 Å². The molecule has 0 aliphatic heterocycles. The lowest BCUT2D eigenvalue weighted by molar-refractivity contribution is 0.391. The third-order valence-corrected chi connectivity index (χ3v) is 4.94. The zero-order chi connectivity index (χ0) is 18.1. The minimum absolute atomic E-state index is 0.370. The smallest absolute Gasteiger partial charge is 0.218 e. The second-order valence-electron chi connectivity index (χ2n) is 5.82. The molecule has 0 aliphatic carbocycles. The second kappa shape index (κ2) is 6.72. The van der Waals surface area contributed by atoms with Gasteiger partial charge in [-0.05, 0) is 24.6 Å². The number of aromatic amines is 1. The lowest BCUT2D eigenvalue weighted by atomic mass is 10.1. The molecule has 0 saturated carbocycles. The predicted molar refractivity (Wildman–Crippen MR) is 100 cm³/mol. The number of nitrogens with zero attached hydrogens (tertiary/aromatic N) is 3. The van der Waals surface area contributed by atoms with E-state index in [4.69, 9.17) is 4.74 Å². The van der Waals surface area contributed by atoms with E-state index in [9.17, 15) is 4.39 Å². The number of fused-ring (bicyclic) bond motifs is 1. The Morgan fingerprint density at radius 2 is 2.08 bits per heavy atom. The first-order valence-corrected chi connectivity index (χ1v) is 8.78. The van der Waals surface area contributed by atoms with Gasteiger partial charge in [-0.25, -0.2) is 19.3 Å². The third kappa shape index (κ3) is 3.11. The normalized spacial score (nSPS) is 11.0. The summed E-state index contributed by atoms with van der Waals surface area (Å²) in [6.45, 7) is 2.39. The molecular formula is C18H16FN5OS. The van der Waals surface area contributed by atoms with Crippen molar-refractivity contribution in [3.8, 4) is 16.3 Å². The molecule has 0 radical (unpaired) electrons. The molecule has 0 aliphatic rings. The molecule has 0 fully saturated rings. The van der Waals surface area contributed by atoms with E-state index in [1.807, 2.05) is 25.5 Å². The molecule has 0 unspecified atom stereocenters. The van der Waals surface area contributed by atoms with E-state index in [-0.39, 0.29) is 0 Å². The summed E-state index contributed by atoms with van der Waals surface area (Å²) in [6.07, 6.45) is 6.73. The zero-order valence-electron chi connectivity index (χ0n) is 14.2. The minimum atomic E-state index is -0.399. The van der Waals surface area contributed by atoms with Gasteiger partial charge in [0.2, 0.25) is 5.88 Å². The largest absolute Gasteiger partial charge is 0.481 e. The SMILES string of the molecule is COc1ncc(F)cc1CNc1ncc(-c2c[nH]c3ncc(C)cc23)s1. The molecule has 6 nitrogen and oxygen atoms in total. The average Bonchev–Trinajstić information content (AvgIpc) is 3.26. The monoisotopic (exact) mass is 369 g/mol. The van der Waals surface area contributed by atoms with Gasteiger partial charge in [-0.3, -0.25) is 0 Å². The van der Waals surface area contributed by atoms with E-state index in [0.717, 1.165) is 38.4 Å². The summed E-state index contributed by atoms with van der Waals surface area (Å²) < 4.78 is 18.6. The Bertz CT molecular complexity index is 1070. The van der Waals surface area contributed by atoms with Crippen molar-refractivity contribution >= 4 is 27.5 Å². The maximum absolute atomic E-state index is 13.4. The number of anilines is 1. The van der Waals surface area contributed by atoms with Gasteiger partial charge in [-0.15, -0.1) is 0 Å². The molecule has 0 saturated heterocycles. The predicted octanol–water partition coefficient (Wildman–Crippen LogP) is 4.15. The van der Waals surface area contributed by atoms with Gasteiger partial charge in [0.05, 0.1) is 18.2 Å². The lowest BCUT2D eigenvalue weighted by Crippen LogP contribution is -2.03. The topological polar surface area (TPSA) is 75.7 Å². The molecule has 8 heteroatoms. The number of methoxy groups -OCH3 is 1. The van der Waals surface area contributed by atoms with Crippen LogP contribution in [0.5, 0.6) is 5.88 Å². The number of H-pyrrole nitrogens is 1. The maximum atomic E-state index is 13.4. The Morgan fingerprint density at radius 1 is 1.19 bits per heavy atom. The molecule has 0 amide bonds. The van der Waals surface area contributed by atoms with Crippen molar-refractivity contribution in [2.45, 2.75) is 13.5 Å². The Kier molecular flexibility index (Phi) is 4.26. The summed E-state index contributed by atoms with van der Waals surface area (Å²) in [7, 11) is 1.51. The lowest BCUT2D eigenvalue weighted by Gasteiger charge is -2.07. The number of halogens is 1. The van der Waals surface area contributed by atoms with Crippen LogP contribution in [-0.4, -0.2) is 27.0 Å². The highest BCUT2D eigenvalue weighted by Gasteiger charge is 2.12. The number of nitrogens with one attached hydrogen (secondary N) is 2. The maximum Gasteiger partial charge on any atom is 0.218 e. The van der Waals surface area contributed by atoms with Crippen molar-refractivity contribution in [2.24, 2.45) is 0 Å². The average molecular weight is 369 g/mol. The fraction of sp³-hybridized carbons (Fsp3) is 0.167. The summed E-state index contributed by atoms with van der Waals surface area (Å²) in [5, 5.41) is 5.00. The fourth-order valence-electron chi connectivity index (χ4n) is 2.74. The van der Waals surface area contributed by atoms with Gasteiger partial charge in [-0.2, -0.15) is 0 Å². The first-order chi connectivity index (χ1) is 12.6. The Labute approximate surface area is 153 Å². The summed E-state index contributed by atoms with van der Waals surface area (Å²) in [5.74, 6) is -0.00190. The van der Waals surface area contributed by atoms with E-state index in [2.05, 4.69) is 31.3 Å². The summed E-state index contributed by atoms with van der Waals surface area (Å²) in [5.41, 5.74) is 3.65. The third-order valence-electron chi connectivity index (χ3n) is 3.95. The fourth-order valence-corrected chi connectivity index (χ4v) is 3.58. The second-order valence-corrected chi connectivity index (χ2v) is 6.85. The Balaban J connectivity index is 1.57. The number of thiazole rings is 1. The number of pyridine rings is 2. The van der Waals surface area contributed by atoms with Gasteiger partial charge in [0.25, 0.3) is 0 Å². The number of ether oxygens (including phenoxy) is 1. The van der Waals surface area contributed by atoms with Gasteiger partial charge < -0.3 is 15.0 Å². The summed E-state index contributed by atoms with van der Waals surface area (Å²) in [6, 6.07) is 3.51. The molecular weight excluding hydrogens is 353 g/mol. The quantitative estimate of drug-likeness (QED) is 0.553. The van der Waals surface area contributed by atoms with Gasteiger partial charge in [0.1, 0.15) is 11.5 Å². The molecule has 0 aromatic carbocycles. The Morgan fingerprint density at radius 3 is 2.92 bits per heavy atom. The van der Waals surface area contributed by atoms with E-state index >= 15 is 0 Å². The number of rotatable bonds is 5. The van der Waals surface area contributed by atoms with Crippen molar-refractivity contribution in [1.82, 2.24) is 19.9 Å². The summed E-state index contributed by atoms with van der Waals surface area (Å²) >= 11 is 1.52. The van der Waals surface area contributed by atoms with Crippen LogP contribution in [0.3, 0.4) is 0 Å². The van der Waals surface area contributed by atoms with Crippen LogP contribution in [0, 0.1) is 12.7 Å². The van der Waals surface area contributed by atoms with Crippen molar-refractivity contribution in [3.05, 3.63) is 53.9 Å². The van der Waals surface area contributed by atoms with Crippen molar-refractivity contribution in [1.29, 1.82) is 0 Å². The van der Waals surface area contributed by atoms with Gasteiger partial charge in [0.15, 0.2) is 5.13 Å². The van der Waals surface area contributed by atoms with Crippen molar-refractivity contribution in [2.75, 3.05) is 12.4 Å². The van der Waals surface area contributed by atoms with Crippen molar-refractivity contribution < 1.29 is 9.13 Å². The molecule has 4 aromatic heterocycles. The van der Waals surface area contributed by atoms with Crippen LogP contribution >= 0.6 is 11.3 Å². The first-order valence-electron chi connectivity index (χ1n) is 7.96. The van der Waals surface area contributed by atoms with Crippen LogP contribution in [0.15, 0.2) is 36.9 Å². The molecule has 4 rings (SSSR count). The van der Waals surface area contributed by atoms with Gasteiger partial charge in [0, 0.05) is 41.6 Å². The van der Waals surface area contributed by atoms with Crippen LogP contribution in [0.2, 0.25) is 0 Å². The van der Waals surface area contributed by atoms with Crippen LogP contribution in [-0.2, 0) is 6.54 Å². The van der Waals surface area contributed by atoms with E-state index in [0.29, 0.717) is 18.0 Å². The first kappa shape index (κ1) is 16.5. The van der Waals surface area contributed by atoms with Crippen molar-refractivity contribution in [3.63, 3.8) is 0 Å². The van der Waals surface area contributed by atoms with Crippen LogP contribution in [0.1, 0.15) is 11.1 Å². The molecule has 0 atom stereocenters. The molecule has 0 bridgehead atoms. The standard InChI is InChI=1S/C18H16FN5OS/c1-10-3-13-14(8-21-16(13)20-5-10)15-9-24-18(26-15)23-6-11-4-12(19)7-22-17(11)25-2/h3-5,7-9H,6H2,1-2H3,(H,20,21)(H,23,24). The van der Waals surface area contributed by atoms with Crippen LogP contribution < -0.4 is 10.1 Å². The zero-order valence-corrected chi connectivity index (χ0v) is 15.0. The number of hydrogen-bond donors (Lipinski definition) is 2. The highest BCUT2D eigenvalue weighted by molar-refractivity contribution is 7.19. The highest BCUT2D eigenvalue weighted by atomic mass is 32.1. The molecule has 0 spiro atoms. The van der Waals surface area contributed by atoms with E-state index in [1.54, 1.807) is 0 Å². The molecule has 4 aromatic rings. The molecule has 2 N–H and O–H groups in total. The highest BCUT2D eigenvalue weighted by Crippen LogP contribution is 2.34. The number of aryl methyl sites for hydroxylation is 1. The van der Waals surface area contributed by atoms with Gasteiger partial charge >= 0.3 is 0 Å². The Hall–Kier alpha value is -3.00. The van der Waals surface area contributed by atoms with Gasteiger partial charge in [-0.1, -0.05) is 11.3 Å². The molecule has 4 heterocycles.